The summed E-state index contributed by atoms with van der Waals surface area (Å²) in [6.45, 7) is 1.55. The minimum atomic E-state index is -4.85. The van der Waals surface area contributed by atoms with Crippen molar-refractivity contribution in [1.82, 2.24) is 0 Å². The summed E-state index contributed by atoms with van der Waals surface area (Å²) in [5, 5.41) is 8.99. The van der Waals surface area contributed by atoms with Crippen LogP contribution in [-0.2, 0) is 14.3 Å². The topological polar surface area (TPSA) is 55.8 Å². The Kier molecular flexibility index (Phi) is 3.73. The molecule has 0 aromatic rings. The minimum Gasteiger partial charge on any atom is -0.501 e. The van der Waals surface area contributed by atoms with Gasteiger partial charge in [-0.1, -0.05) is 17.7 Å². The van der Waals surface area contributed by atoms with Crippen molar-refractivity contribution in [2.75, 3.05) is 7.11 Å². The third-order valence-electron chi connectivity index (χ3n) is 3.36. The lowest BCUT2D eigenvalue weighted by atomic mass is 9.76. The molecule has 2 rings (SSSR count). The summed E-state index contributed by atoms with van der Waals surface area (Å²) in [4.78, 5) is 11.1. The van der Waals surface area contributed by atoms with E-state index in [2.05, 4.69) is 0 Å². The predicted octanol–water partition coefficient (Wildman–Crippen LogP) is 3.35. The summed E-state index contributed by atoms with van der Waals surface area (Å²) in [5.74, 6) is -1.35. The van der Waals surface area contributed by atoms with E-state index in [1.807, 2.05) is 0 Å². The van der Waals surface area contributed by atoms with E-state index >= 15 is 0 Å². The van der Waals surface area contributed by atoms with Crippen LogP contribution in [0.25, 0.3) is 0 Å². The summed E-state index contributed by atoms with van der Waals surface area (Å²) in [7, 11) is 1.40. The first kappa shape index (κ1) is 15.8. The van der Waals surface area contributed by atoms with Gasteiger partial charge < -0.3 is 14.6 Å². The molecule has 0 saturated carbocycles. The van der Waals surface area contributed by atoms with Crippen molar-refractivity contribution in [3.63, 3.8) is 0 Å². The lowest BCUT2D eigenvalue weighted by Crippen LogP contribution is -2.43. The zero-order valence-electron chi connectivity index (χ0n) is 11.1. The van der Waals surface area contributed by atoms with Gasteiger partial charge in [0.15, 0.2) is 0 Å². The number of allylic oxidation sites excluding steroid dienone is 4. The third kappa shape index (κ3) is 2.74. The molecule has 116 valence electrons. The van der Waals surface area contributed by atoms with Crippen molar-refractivity contribution in [2.45, 2.75) is 25.6 Å². The first-order chi connectivity index (χ1) is 9.58. The fraction of sp³-hybridized carbons (Fsp3) is 0.462. The molecule has 4 nitrogen and oxygen atoms in total. The van der Waals surface area contributed by atoms with Gasteiger partial charge in [-0.05, 0) is 13.0 Å². The Morgan fingerprint density at radius 2 is 2.19 bits per heavy atom. The molecule has 0 bridgehead atoms. The number of methoxy groups -OCH3 is 1. The van der Waals surface area contributed by atoms with E-state index in [4.69, 9.17) is 26.2 Å². The van der Waals surface area contributed by atoms with Gasteiger partial charge in [-0.2, -0.15) is 13.2 Å². The molecule has 21 heavy (non-hydrogen) atoms. The van der Waals surface area contributed by atoms with E-state index in [0.29, 0.717) is 5.76 Å². The molecule has 0 amide bonds. The van der Waals surface area contributed by atoms with Crippen LogP contribution in [0.3, 0.4) is 0 Å². The summed E-state index contributed by atoms with van der Waals surface area (Å²) in [6.07, 6.45) is -4.81. The molecular formula is C13H12ClF3O4. The van der Waals surface area contributed by atoms with Crippen molar-refractivity contribution >= 4 is 17.6 Å². The number of fused-ring (bicyclic) bond motifs is 1. The number of rotatable bonds is 2. The highest BCUT2D eigenvalue weighted by atomic mass is 35.5. The van der Waals surface area contributed by atoms with E-state index < -0.39 is 29.2 Å². The maximum Gasteiger partial charge on any atom is 0.429 e. The molecule has 1 aliphatic carbocycles. The van der Waals surface area contributed by atoms with E-state index in [1.165, 1.54) is 13.2 Å². The second-order valence-electron chi connectivity index (χ2n) is 5.03. The van der Waals surface area contributed by atoms with Crippen LogP contribution in [0.5, 0.6) is 0 Å². The fourth-order valence-electron chi connectivity index (χ4n) is 2.43. The average molecular weight is 325 g/mol. The lowest BCUT2D eigenvalue weighted by molar-refractivity contribution is -0.206. The normalized spacial score (nSPS) is 29.1. The number of aliphatic carboxylic acids is 1. The highest BCUT2D eigenvalue weighted by molar-refractivity contribution is 6.31. The minimum absolute atomic E-state index is 0.0319. The molecule has 2 unspecified atom stereocenters. The predicted molar refractivity (Wildman–Crippen MR) is 67.3 cm³/mol. The summed E-state index contributed by atoms with van der Waals surface area (Å²) >= 11 is 5.95. The number of ether oxygens (including phenoxy) is 2. The van der Waals surface area contributed by atoms with Crippen molar-refractivity contribution in [1.29, 1.82) is 0 Å². The van der Waals surface area contributed by atoms with Gasteiger partial charge >= 0.3 is 12.1 Å². The maximum atomic E-state index is 13.0. The lowest BCUT2D eigenvalue weighted by Gasteiger charge is -2.40. The molecule has 0 radical (unpaired) electrons. The van der Waals surface area contributed by atoms with Gasteiger partial charge in [0.05, 0.1) is 28.9 Å². The molecule has 8 heteroatoms. The molecule has 1 aliphatic heterocycles. The maximum absolute atomic E-state index is 13.0. The monoisotopic (exact) mass is 324 g/mol. The number of carbonyl (C=O) groups is 1. The van der Waals surface area contributed by atoms with Crippen LogP contribution in [0.1, 0.15) is 13.3 Å². The molecule has 2 atom stereocenters. The van der Waals surface area contributed by atoms with Crippen LogP contribution >= 0.6 is 11.6 Å². The van der Waals surface area contributed by atoms with Crippen molar-refractivity contribution in [3.8, 4) is 0 Å². The van der Waals surface area contributed by atoms with Crippen molar-refractivity contribution in [2.24, 2.45) is 5.41 Å². The van der Waals surface area contributed by atoms with Crippen LogP contribution in [0.2, 0.25) is 0 Å². The van der Waals surface area contributed by atoms with Crippen LogP contribution in [0.4, 0.5) is 13.2 Å². The highest BCUT2D eigenvalue weighted by Gasteiger charge is 2.53. The van der Waals surface area contributed by atoms with Crippen LogP contribution < -0.4 is 0 Å². The smallest absolute Gasteiger partial charge is 0.429 e. The van der Waals surface area contributed by atoms with Gasteiger partial charge in [0.1, 0.15) is 5.76 Å². The first-order valence-electron chi connectivity index (χ1n) is 5.93. The Labute approximate surface area is 123 Å². The highest BCUT2D eigenvalue weighted by Crippen LogP contribution is 2.50. The van der Waals surface area contributed by atoms with E-state index in [-0.39, 0.29) is 17.2 Å². The number of hydrogen-bond acceptors (Lipinski definition) is 3. The second-order valence-corrected chi connectivity index (χ2v) is 5.44. The molecule has 0 saturated heterocycles. The second kappa shape index (κ2) is 4.98. The van der Waals surface area contributed by atoms with Crippen LogP contribution in [0, 0.1) is 5.41 Å². The van der Waals surface area contributed by atoms with E-state index in [9.17, 15) is 18.0 Å². The summed E-state index contributed by atoms with van der Waals surface area (Å²) in [6, 6.07) is 0. The Balaban J connectivity index is 2.58. The average Bonchev–Trinajstić information content (AvgIpc) is 2.35. The number of carboxylic acid groups (broad SMARTS) is 1. The molecule has 1 N–H and O–H groups in total. The van der Waals surface area contributed by atoms with Gasteiger partial charge in [-0.15, -0.1) is 0 Å². The van der Waals surface area contributed by atoms with Crippen LogP contribution in [-0.4, -0.2) is 30.5 Å². The molecule has 0 aromatic carbocycles. The van der Waals surface area contributed by atoms with Gasteiger partial charge in [0.25, 0.3) is 0 Å². The van der Waals surface area contributed by atoms with Gasteiger partial charge in [-0.3, -0.25) is 0 Å². The first-order valence-corrected chi connectivity index (χ1v) is 6.30. The number of alkyl halides is 3. The van der Waals surface area contributed by atoms with Gasteiger partial charge in [0.2, 0.25) is 6.10 Å². The Morgan fingerprint density at radius 1 is 1.57 bits per heavy atom. The van der Waals surface area contributed by atoms with Crippen molar-refractivity contribution < 1.29 is 32.5 Å². The largest absolute Gasteiger partial charge is 0.501 e. The van der Waals surface area contributed by atoms with Crippen LogP contribution in [0.15, 0.2) is 34.3 Å². The Morgan fingerprint density at radius 3 is 2.67 bits per heavy atom. The Hall–Kier alpha value is -1.63. The van der Waals surface area contributed by atoms with Gasteiger partial charge in [0, 0.05) is 6.42 Å². The van der Waals surface area contributed by atoms with Crippen molar-refractivity contribution in [3.05, 3.63) is 34.3 Å². The van der Waals surface area contributed by atoms with Gasteiger partial charge in [-0.25, -0.2) is 4.79 Å². The van der Waals surface area contributed by atoms with E-state index in [0.717, 1.165) is 6.08 Å². The standard InChI is InChI=1S/C13H12ClF3O4/c1-12-4-6(20-2)3-8(14)10(12)21-9(13(15,16)17)7(5-12)11(18)19/h3,5,9H,4H2,1-2H3,(H,18,19). The quantitative estimate of drug-likeness (QED) is 0.846. The number of carboxylic acids is 1. The molecule has 0 spiro atoms. The SMILES string of the molecule is COC1=CC(Cl)=C2OC(C(F)(F)F)C(C(=O)O)=CC2(C)C1. The molecule has 2 aliphatic rings. The molecule has 1 heterocycles. The Bertz CT molecular complexity index is 576. The number of halogens is 4. The summed E-state index contributed by atoms with van der Waals surface area (Å²) < 4.78 is 48.9. The fourth-order valence-corrected chi connectivity index (χ4v) is 2.81. The third-order valence-corrected chi connectivity index (χ3v) is 3.64. The number of hydrogen-bond donors (Lipinski definition) is 1. The van der Waals surface area contributed by atoms with E-state index in [1.54, 1.807) is 6.92 Å². The zero-order chi connectivity index (χ0) is 16.0. The molecular weight excluding hydrogens is 313 g/mol. The zero-order valence-corrected chi connectivity index (χ0v) is 11.9. The molecule has 0 aromatic heterocycles. The molecule has 0 fully saturated rings. The summed E-state index contributed by atoms with van der Waals surface area (Å²) in [5.41, 5.74) is -1.94.